The molecule has 0 atom stereocenters. The van der Waals surface area contributed by atoms with E-state index in [2.05, 4.69) is 5.32 Å². The first-order chi connectivity index (χ1) is 8.34. The van der Waals surface area contributed by atoms with Gasteiger partial charge in [0.2, 0.25) is 15.9 Å². The van der Waals surface area contributed by atoms with Gasteiger partial charge in [0.15, 0.2) is 0 Å². The number of benzene rings is 1. The smallest absolute Gasteiger partial charge is 0.238 e. The molecule has 0 radical (unpaired) electrons. The summed E-state index contributed by atoms with van der Waals surface area (Å²) < 4.78 is 27.1. The van der Waals surface area contributed by atoms with Crippen LogP contribution in [0.3, 0.4) is 0 Å². The Morgan fingerprint density at radius 3 is 2.61 bits per heavy atom. The molecule has 0 bridgehead atoms. The van der Waals surface area contributed by atoms with Crippen LogP contribution in [0.2, 0.25) is 0 Å². The molecule has 18 heavy (non-hydrogen) atoms. The van der Waals surface area contributed by atoms with E-state index in [1.54, 1.807) is 6.92 Å². The highest BCUT2D eigenvalue weighted by Crippen LogP contribution is 2.18. The van der Waals surface area contributed by atoms with E-state index in [9.17, 15) is 13.2 Å². The molecule has 0 unspecified atom stereocenters. The molecule has 0 aliphatic carbocycles. The number of nitrogens with one attached hydrogen (secondary N) is 1. The summed E-state index contributed by atoms with van der Waals surface area (Å²) in [5.41, 5.74) is 1.19. The number of carbonyl (C=O) groups excluding carboxylic acids is 1. The van der Waals surface area contributed by atoms with Crippen molar-refractivity contribution in [3.05, 3.63) is 23.8 Å². The van der Waals surface area contributed by atoms with Crippen molar-refractivity contribution in [1.29, 1.82) is 0 Å². The minimum absolute atomic E-state index is 0.0230. The Balaban J connectivity index is 2.84. The summed E-state index contributed by atoms with van der Waals surface area (Å²) in [4.78, 5) is 11.5. The Morgan fingerprint density at radius 2 is 2.11 bits per heavy atom. The van der Waals surface area contributed by atoms with E-state index in [0.717, 1.165) is 0 Å². The number of sulfonamides is 1. The van der Waals surface area contributed by atoms with Crippen molar-refractivity contribution in [2.24, 2.45) is 5.14 Å². The second-order valence-electron chi connectivity index (χ2n) is 3.81. The quantitative estimate of drug-likeness (QED) is 0.820. The Morgan fingerprint density at radius 1 is 1.44 bits per heavy atom. The maximum Gasteiger partial charge on any atom is 0.238 e. The van der Waals surface area contributed by atoms with E-state index in [1.807, 2.05) is 0 Å². The van der Waals surface area contributed by atoms with E-state index in [1.165, 1.54) is 25.3 Å². The molecule has 0 saturated heterocycles. The zero-order valence-electron chi connectivity index (χ0n) is 10.3. The lowest BCUT2D eigenvalue weighted by molar-refractivity contribution is -0.117. The van der Waals surface area contributed by atoms with Gasteiger partial charge >= 0.3 is 0 Å². The molecule has 0 aliphatic heterocycles. The summed E-state index contributed by atoms with van der Waals surface area (Å²) in [6, 6.07) is 4.29. The zero-order chi connectivity index (χ0) is 13.8. The number of amides is 1. The van der Waals surface area contributed by atoms with Gasteiger partial charge in [-0.2, -0.15) is 0 Å². The number of carbonyl (C=O) groups is 1. The summed E-state index contributed by atoms with van der Waals surface area (Å²) in [7, 11) is -2.20. The number of primary sulfonamides is 1. The molecule has 0 aliphatic rings. The molecule has 100 valence electrons. The highest BCUT2D eigenvalue weighted by atomic mass is 32.2. The Labute approximate surface area is 106 Å². The first-order valence-electron chi connectivity index (χ1n) is 5.27. The second-order valence-corrected chi connectivity index (χ2v) is 5.37. The standard InChI is InChI=1S/C11H16N2O4S/c1-8-7-9(18(12,15)16)3-4-10(8)13-11(14)5-6-17-2/h3-4,7H,5-6H2,1-2H3,(H,13,14)(H2,12,15,16). The molecule has 0 fully saturated rings. The van der Waals surface area contributed by atoms with E-state index in [0.29, 0.717) is 17.9 Å². The van der Waals surface area contributed by atoms with Gasteiger partial charge in [0.05, 0.1) is 17.9 Å². The number of nitrogens with two attached hydrogens (primary N) is 1. The van der Waals surface area contributed by atoms with Crippen LogP contribution in [0, 0.1) is 6.92 Å². The summed E-state index contributed by atoms with van der Waals surface area (Å²) in [6.07, 6.45) is 0.243. The van der Waals surface area contributed by atoms with Gasteiger partial charge in [-0.1, -0.05) is 0 Å². The van der Waals surface area contributed by atoms with Crippen molar-refractivity contribution in [2.45, 2.75) is 18.2 Å². The van der Waals surface area contributed by atoms with E-state index >= 15 is 0 Å². The van der Waals surface area contributed by atoms with Gasteiger partial charge in [-0.15, -0.1) is 0 Å². The third-order valence-electron chi connectivity index (χ3n) is 2.33. The zero-order valence-corrected chi connectivity index (χ0v) is 11.1. The van der Waals surface area contributed by atoms with E-state index in [4.69, 9.17) is 9.88 Å². The molecule has 1 aromatic carbocycles. The van der Waals surface area contributed by atoms with E-state index < -0.39 is 10.0 Å². The van der Waals surface area contributed by atoms with Crippen molar-refractivity contribution < 1.29 is 17.9 Å². The maximum atomic E-state index is 11.5. The number of hydrogen-bond acceptors (Lipinski definition) is 4. The van der Waals surface area contributed by atoms with Gasteiger partial charge in [0, 0.05) is 12.8 Å². The van der Waals surface area contributed by atoms with Crippen molar-refractivity contribution in [2.75, 3.05) is 19.0 Å². The largest absolute Gasteiger partial charge is 0.384 e. The summed E-state index contributed by atoms with van der Waals surface area (Å²) in [5, 5.41) is 7.68. The van der Waals surface area contributed by atoms with Gasteiger partial charge in [0.1, 0.15) is 0 Å². The SMILES string of the molecule is COCCC(=O)Nc1ccc(S(N)(=O)=O)cc1C. The van der Waals surface area contributed by atoms with Crippen LogP contribution in [0.25, 0.3) is 0 Å². The number of anilines is 1. The Kier molecular flexibility index (Phi) is 4.83. The average molecular weight is 272 g/mol. The number of rotatable bonds is 5. The molecule has 0 heterocycles. The summed E-state index contributed by atoms with van der Waals surface area (Å²) in [6.45, 7) is 2.03. The van der Waals surface area contributed by atoms with E-state index in [-0.39, 0.29) is 17.2 Å². The van der Waals surface area contributed by atoms with Crippen LogP contribution >= 0.6 is 0 Å². The lowest BCUT2D eigenvalue weighted by Gasteiger charge is -2.09. The van der Waals surface area contributed by atoms with Crippen molar-refractivity contribution in [3.63, 3.8) is 0 Å². The van der Waals surface area contributed by atoms with Crippen LogP contribution < -0.4 is 10.5 Å². The van der Waals surface area contributed by atoms with Gasteiger partial charge in [0.25, 0.3) is 0 Å². The van der Waals surface area contributed by atoms with Crippen molar-refractivity contribution in [3.8, 4) is 0 Å². The predicted molar refractivity (Wildman–Crippen MR) is 67.7 cm³/mol. The van der Waals surface area contributed by atoms with Crippen molar-refractivity contribution >= 4 is 21.6 Å². The number of hydrogen-bond donors (Lipinski definition) is 2. The summed E-state index contributed by atoms with van der Waals surface area (Å²) >= 11 is 0. The van der Waals surface area contributed by atoms with Gasteiger partial charge in [-0.3, -0.25) is 4.79 Å². The molecule has 6 nitrogen and oxygen atoms in total. The fourth-order valence-electron chi connectivity index (χ4n) is 1.36. The van der Waals surface area contributed by atoms with Crippen LogP contribution in [0.15, 0.2) is 23.1 Å². The van der Waals surface area contributed by atoms with Crippen LogP contribution in [0.5, 0.6) is 0 Å². The molecule has 0 spiro atoms. The molecule has 1 aromatic rings. The lowest BCUT2D eigenvalue weighted by Crippen LogP contribution is -2.15. The first-order valence-corrected chi connectivity index (χ1v) is 6.81. The van der Waals surface area contributed by atoms with Crippen LogP contribution in [-0.2, 0) is 19.6 Å². The molecule has 3 N–H and O–H groups in total. The van der Waals surface area contributed by atoms with Gasteiger partial charge in [-0.05, 0) is 30.7 Å². The molecule has 0 saturated carbocycles. The van der Waals surface area contributed by atoms with Gasteiger partial charge < -0.3 is 10.1 Å². The highest BCUT2D eigenvalue weighted by Gasteiger charge is 2.10. The third-order valence-corrected chi connectivity index (χ3v) is 3.24. The number of ether oxygens (including phenoxy) is 1. The fraction of sp³-hybridized carbons (Fsp3) is 0.364. The average Bonchev–Trinajstić information content (AvgIpc) is 2.27. The highest BCUT2D eigenvalue weighted by molar-refractivity contribution is 7.89. The molecular formula is C11H16N2O4S. The van der Waals surface area contributed by atoms with Crippen molar-refractivity contribution in [1.82, 2.24) is 0 Å². The van der Waals surface area contributed by atoms with Crippen LogP contribution in [-0.4, -0.2) is 28.0 Å². The monoisotopic (exact) mass is 272 g/mol. The molecular weight excluding hydrogens is 256 g/mol. The normalized spacial score (nSPS) is 11.3. The first kappa shape index (κ1) is 14.6. The van der Waals surface area contributed by atoms with Gasteiger partial charge in [-0.25, -0.2) is 13.6 Å². The Bertz CT molecular complexity index is 540. The minimum atomic E-state index is -3.72. The number of aryl methyl sites for hydroxylation is 1. The molecule has 1 rings (SSSR count). The molecule has 7 heteroatoms. The molecule has 1 amide bonds. The minimum Gasteiger partial charge on any atom is -0.384 e. The predicted octanol–water partition coefficient (Wildman–Crippen LogP) is 0.617. The topological polar surface area (TPSA) is 98.5 Å². The second kappa shape index (κ2) is 5.94. The van der Waals surface area contributed by atoms with Crippen LogP contribution in [0.1, 0.15) is 12.0 Å². The third kappa shape index (κ3) is 4.10. The molecule has 0 aromatic heterocycles. The summed E-state index contributed by atoms with van der Waals surface area (Å²) in [5.74, 6) is -0.191. The lowest BCUT2D eigenvalue weighted by atomic mass is 10.2. The fourth-order valence-corrected chi connectivity index (χ4v) is 1.96. The number of methoxy groups -OCH3 is 1. The van der Waals surface area contributed by atoms with Crippen LogP contribution in [0.4, 0.5) is 5.69 Å². The maximum absolute atomic E-state index is 11.5. The Hall–Kier alpha value is -1.44.